The molecule has 0 aliphatic heterocycles. The molecule has 0 saturated heterocycles. The SMILES string of the molecule is CCn1cccc1C[N+](C)(C)C.[I-]. The first kappa shape index (κ1) is 13.0. The van der Waals surface area contributed by atoms with E-state index in [1.807, 2.05) is 0 Å². The molecule has 0 fully saturated rings. The minimum atomic E-state index is 0. The highest BCUT2D eigenvalue weighted by molar-refractivity contribution is 5.05. The van der Waals surface area contributed by atoms with E-state index in [2.05, 4.69) is 51.0 Å². The summed E-state index contributed by atoms with van der Waals surface area (Å²) in [6, 6.07) is 4.32. The monoisotopic (exact) mass is 294 g/mol. The van der Waals surface area contributed by atoms with Gasteiger partial charge in [-0.15, -0.1) is 0 Å². The molecule has 0 unspecified atom stereocenters. The van der Waals surface area contributed by atoms with E-state index < -0.39 is 0 Å². The van der Waals surface area contributed by atoms with Gasteiger partial charge < -0.3 is 33.0 Å². The average Bonchev–Trinajstić information content (AvgIpc) is 2.31. The summed E-state index contributed by atoms with van der Waals surface area (Å²) in [6.45, 7) is 4.35. The summed E-state index contributed by atoms with van der Waals surface area (Å²) < 4.78 is 3.29. The molecule has 0 N–H and O–H groups in total. The van der Waals surface area contributed by atoms with Crippen molar-refractivity contribution in [2.75, 3.05) is 21.1 Å². The maximum absolute atomic E-state index is 2.30. The van der Waals surface area contributed by atoms with Crippen LogP contribution in [0.1, 0.15) is 12.6 Å². The molecule has 0 spiro atoms. The van der Waals surface area contributed by atoms with E-state index in [-0.39, 0.29) is 24.0 Å². The van der Waals surface area contributed by atoms with Crippen molar-refractivity contribution < 1.29 is 28.5 Å². The highest BCUT2D eigenvalue weighted by Crippen LogP contribution is 2.07. The predicted octanol–water partition coefficient (Wildman–Crippen LogP) is -1.28. The van der Waals surface area contributed by atoms with Crippen LogP contribution in [0.4, 0.5) is 0 Å². The number of halogens is 1. The Morgan fingerprint density at radius 3 is 2.38 bits per heavy atom. The van der Waals surface area contributed by atoms with E-state index in [1.54, 1.807) is 0 Å². The molecule has 0 saturated carbocycles. The standard InChI is InChI=1S/C10H19N2.HI/c1-5-11-8-6-7-10(11)9-12(2,3)4;/h6-8H,5,9H2,1-4H3;1H/q+1;/p-1. The van der Waals surface area contributed by atoms with Crippen LogP contribution in [-0.4, -0.2) is 30.2 Å². The van der Waals surface area contributed by atoms with Gasteiger partial charge >= 0.3 is 0 Å². The molecule has 0 atom stereocenters. The zero-order chi connectivity index (χ0) is 9.19. The van der Waals surface area contributed by atoms with Crippen LogP contribution in [-0.2, 0) is 13.1 Å². The Hall–Kier alpha value is -0.0300. The van der Waals surface area contributed by atoms with E-state index in [1.165, 1.54) is 5.69 Å². The summed E-state index contributed by atoms with van der Waals surface area (Å²) in [7, 11) is 6.65. The van der Waals surface area contributed by atoms with Gasteiger partial charge in [-0.2, -0.15) is 0 Å². The van der Waals surface area contributed by atoms with Crippen molar-refractivity contribution in [2.24, 2.45) is 0 Å². The minimum Gasteiger partial charge on any atom is -1.00 e. The first-order chi connectivity index (χ1) is 5.53. The van der Waals surface area contributed by atoms with Crippen molar-refractivity contribution in [1.29, 1.82) is 0 Å². The van der Waals surface area contributed by atoms with E-state index in [4.69, 9.17) is 0 Å². The van der Waals surface area contributed by atoms with Crippen LogP contribution >= 0.6 is 0 Å². The molecule has 76 valence electrons. The Bertz CT molecular complexity index is 248. The van der Waals surface area contributed by atoms with Crippen LogP contribution in [0, 0.1) is 0 Å². The molecular formula is C10H19IN2. The van der Waals surface area contributed by atoms with Crippen LogP contribution in [0.5, 0.6) is 0 Å². The van der Waals surface area contributed by atoms with Gasteiger partial charge in [-0.3, -0.25) is 0 Å². The predicted molar refractivity (Wildman–Crippen MR) is 51.8 cm³/mol. The summed E-state index contributed by atoms with van der Waals surface area (Å²) >= 11 is 0. The third-order valence-corrected chi connectivity index (χ3v) is 1.90. The lowest BCUT2D eigenvalue weighted by Gasteiger charge is -2.24. The minimum absolute atomic E-state index is 0. The van der Waals surface area contributed by atoms with E-state index >= 15 is 0 Å². The fourth-order valence-corrected chi connectivity index (χ4v) is 1.39. The molecule has 3 heteroatoms. The molecule has 13 heavy (non-hydrogen) atoms. The number of nitrogens with zero attached hydrogens (tertiary/aromatic N) is 2. The normalized spacial score (nSPS) is 11.1. The Kier molecular flexibility index (Phi) is 4.99. The molecule has 1 aromatic rings. The molecule has 0 radical (unpaired) electrons. The zero-order valence-corrected chi connectivity index (χ0v) is 11.1. The molecule has 2 nitrogen and oxygen atoms in total. The number of hydrogen-bond acceptors (Lipinski definition) is 0. The summed E-state index contributed by atoms with van der Waals surface area (Å²) in [5.74, 6) is 0. The number of quaternary nitrogens is 1. The van der Waals surface area contributed by atoms with Gasteiger partial charge in [0.25, 0.3) is 0 Å². The second-order valence-electron chi connectivity index (χ2n) is 4.23. The second-order valence-corrected chi connectivity index (χ2v) is 4.23. The fourth-order valence-electron chi connectivity index (χ4n) is 1.39. The lowest BCUT2D eigenvalue weighted by atomic mass is 10.3. The van der Waals surface area contributed by atoms with Crippen LogP contribution in [0.2, 0.25) is 0 Å². The largest absolute Gasteiger partial charge is 1.00 e. The van der Waals surface area contributed by atoms with Crippen LogP contribution in [0.15, 0.2) is 18.3 Å². The number of aryl methyl sites for hydroxylation is 1. The van der Waals surface area contributed by atoms with Crippen molar-refractivity contribution in [1.82, 2.24) is 4.57 Å². The maximum Gasteiger partial charge on any atom is 0.119 e. The Labute approximate surface area is 98.2 Å². The van der Waals surface area contributed by atoms with E-state index in [0.29, 0.717) is 0 Å². The average molecular weight is 294 g/mol. The van der Waals surface area contributed by atoms with Gasteiger partial charge in [-0.25, -0.2) is 0 Å². The van der Waals surface area contributed by atoms with Gasteiger partial charge in [0.05, 0.1) is 26.8 Å². The lowest BCUT2D eigenvalue weighted by Crippen LogP contribution is -3.00. The Morgan fingerprint density at radius 1 is 1.31 bits per heavy atom. The topological polar surface area (TPSA) is 4.93 Å². The van der Waals surface area contributed by atoms with Gasteiger partial charge in [-0.05, 0) is 19.1 Å². The Balaban J connectivity index is 0.00000144. The van der Waals surface area contributed by atoms with Crippen molar-refractivity contribution in [3.8, 4) is 0 Å². The molecule has 0 aromatic carbocycles. The van der Waals surface area contributed by atoms with Gasteiger partial charge in [0.15, 0.2) is 0 Å². The van der Waals surface area contributed by atoms with Crippen LogP contribution in [0.25, 0.3) is 0 Å². The molecule has 1 heterocycles. The first-order valence-electron chi connectivity index (χ1n) is 4.47. The number of aromatic nitrogens is 1. The van der Waals surface area contributed by atoms with Crippen molar-refractivity contribution >= 4 is 0 Å². The van der Waals surface area contributed by atoms with Gasteiger partial charge in [0.1, 0.15) is 6.54 Å². The van der Waals surface area contributed by atoms with E-state index in [0.717, 1.165) is 17.6 Å². The van der Waals surface area contributed by atoms with Crippen molar-refractivity contribution in [2.45, 2.75) is 20.0 Å². The summed E-state index contributed by atoms with van der Waals surface area (Å²) in [6.07, 6.45) is 2.14. The maximum atomic E-state index is 2.30. The molecule has 1 aromatic heterocycles. The van der Waals surface area contributed by atoms with Crippen molar-refractivity contribution in [3.05, 3.63) is 24.0 Å². The van der Waals surface area contributed by atoms with Crippen LogP contribution in [0.3, 0.4) is 0 Å². The number of rotatable bonds is 3. The first-order valence-corrected chi connectivity index (χ1v) is 4.47. The molecule has 0 aliphatic carbocycles. The molecule has 1 rings (SSSR count). The number of hydrogen-bond donors (Lipinski definition) is 0. The van der Waals surface area contributed by atoms with Crippen molar-refractivity contribution in [3.63, 3.8) is 0 Å². The smallest absolute Gasteiger partial charge is 0.119 e. The fraction of sp³-hybridized carbons (Fsp3) is 0.600. The lowest BCUT2D eigenvalue weighted by molar-refractivity contribution is -0.884. The molecule has 0 aliphatic rings. The van der Waals surface area contributed by atoms with Crippen LogP contribution < -0.4 is 24.0 Å². The van der Waals surface area contributed by atoms with Gasteiger partial charge in [0, 0.05) is 12.7 Å². The highest BCUT2D eigenvalue weighted by atomic mass is 127. The van der Waals surface area contributed by atoms with Gasteiger partial charge in [0.2, 0.25) is 0 Å². The molecule has 0 amide bonds. The quantitative estimate of drug-likeness (QED) is 0.483. The zero-order valence-electron chi connectivity index (χ0n) is 8.92. The molecule has 0 bridgehead atoms. The highest BCUT2D eigenvalue weighted by Gasteiger charge is 2.10. The van der Waals surface area contributed by atoms with E-state index in [9.17, 15) is 0 Å². The summed E-state index contributed by atoms with van der Waals surface area (Å²) in [4.78, 5) is 0. The Morgan fingerprint density at radius 2 is 1.92 bits per heavy atom. The summed E-state index contributed by atoms with van der Waals surface area (Å²) in [5, 5.41) is 0. The third kappa shape index (κ3) is 4.13. The third-order valence-electron chi connectivity index (χ3n) is 1.90. The molecular weight excluding hydrogens is 275 g/mol. The summed E-state index contributed by atoms with van der Waals surface area (Å²) in [5.41, 5.74) is 1.42. The van der Waals surface area contributed by atoms with Gasteiger partial charge in [-0.1, -0.05) is 0 Å². The second kappa shape index (κ2) is 5.00.